The minimum atomic E-state index is -4.66. The number of alkyl halides is 3. The lowest BCUT2D eigenvalue weighted by Crippen LogP contribution is -2.34. The lowest BCUT2D eigenvalue weighted by molar-refractivity contribution is -0.137. The molecule has 4 rings (SSSR count). The van der Waals surface area contributed by atoms with E-state index in [1.807, 2.05) is 6.07 Å². The first-order valence-electron chi connectivity index (χ1n) is 11.7. The number of aromatic nitrogens is 5. The van der Waals surface area contributed by atoms with E-state index < -0.39 is 23.4 Å². The minimum absolute atomic E-state index is 0.0483. The number of hydrogen-bond donors (Lipinski definition) is 2. The molecule has 13 heteroatoms. The molecule has 198 valence electrons. The number of carbonyl (C=O) groups is 1. The van der Waals surface area contributed by atoms with Gasteiger partial charge >= 0.3 is 12.3 Å². The molecule has 3 aromatic heterocycles. The molecule has 2 N–H and O–H groups in total. The maximum atomic E-state index is 13.4. The van der Waals surface area contributed by atoms with Crippen molar-refractivity contribution < 1.29 is 22.7 Å². The molecule has 0 radical (unpaired) electrons. The number of H-pyrrole nitrogens is 1. The van der Waals surface area contributed by atoms with Crippen LogP contribution in [0.4, 0.5) is 41.1 Å². The molecule has 0 atom stereocenters. The van der Waals surface area contributed by atoms with Crippen LogP contribution in [0.15, 0.2) is 24.5 Å². The monoisotopic (exact) mass is 518 g/mol. The summed E-state index contributed by atoms with van der Waals surface area (Å²) in [4.78, 5) is 28.6. The number of pyridine rings is 2. The number of ether oxygens (including phenoxy) is 1. The molecule has 0 saturated heterocycles. The molecule has 0 unspecified atom stereocenters. The fourth-order valence-corrected chi connectivity index (χ4v) is 3.90. The first-order chi connectivity index (χ1) is 17.2. The van der Waals surface area contributed by atoms with E-state index in [2.05, 4.69) is 49.2 Å². The third-order valence-electron chi connectivity index (χ3n) is 5.70. The van der Waals surface area contributed by atoms with Gasteiger partial charge in [0, 0.05) is 25.8 Å². The van der Waals surface area contributed by atoms with Gasteiger partial charge in [-0.25, -0.2) is 9.78 Å². The topological polar surface area (TPSA) is 112 Å². The van der Waals surface area contributed by atoms with Crippen LogP contribution in [0.3, 0.4) is 0 Å². The summed E-state index contributed by atoms with van der Waals surface area (Å²) >= 11 is 0. The van der Waals surface area contributed by atoms with Gasteiger partial charge in [-0.15, -0.1) is 5.10 Å². The molecule has 3 aromatic rings. The lowest BCUT2D eigenvalue weighted by Gasteiger charge is -2.26. The summed E-state index contributed by atoms with van der Waals surface area (Å²) in [6, 6.07) is 3.12. The SMILES string of the molecule is CC(C)N1CCc2cc(-c3nc(Nc4ncc(C(F)(F)F)cc4N(C)C(=O)OC(C)(C)C)n[nH]3)ncc21. The summed E-state index contributed by atoms with van der Waals surface area (Å²) in [5.74, 6) is 0.371. The van der Waals surface area contributed by atoms with E-state index in [1.165, 1.54) is 7.05 Å². The number of anilines is 4. The summed E-state index contributed by atoms with van der Waals surface area (Å²) in [6.07, 6.45) is -2.14. The van der Waals surface area contributed by atoms with Crippen molar-refractivity contribution in [3.05, 3.63) is 35.7 Å². The Morgan fingerprint density at radius 2 is 1.92 bits per heavy atom. The fourth-order valence-electron chi connectivity index (χ4n) is 3.90. The molecule has 1 aliphatic heterocycles. The first kappa shape index (κ1) is 26.2. The number of amides is 1. The van der Waals surface area contributed by atoms with E-state index in [0.29, 0.717) is 23.8 Å². The average Bonchev–Trinajstić information content (AvgIpc) is 3.43. The number of carbonyl (C=O) groups excluding carboxylic acids is 1. The zero-order chi connectivity index (χ0) is 27.1. The second-order valence-electron chi connectivity index (χ2n) is 10.00. The molecule has 37 heavy (non-hydrogen) atoms. The highest BCUT2D eigenvalue weighted by Crippen LogP contribution is 2.35. The molecule has 0 aromatic carbocycles. The number of halogens is 3. The van der Waals surface area contributed by atoms with Crippen LogP contribution in [0.5, 0.6) is 0 Å². The molecule has 0 aliphatic carbocycles. The number of aromatic amines is 1. The van der Waals surface area contributed by atoms with Crippen molar-refractivity contribution in [3.63, 3.8) is 0 Å². The normalized spacial score (nSPS) is 13.6. The zero-order valence-electron chi connectivity index (χ0n) is 21.4. The van der Waals surface area contributed by atoms with Gasteiger partial charge in [-0.05, 0) is 58.7 Å². The Morgan fingerprint density at radius 1 is 1.19 bits per heavy atom. The standard InChI is InChI=1S/C24H29F3N8O2/c1-13(2)35-8-7-14-9-16(28-12-18(14)35)19-30-21(33-32-19)31-20-17(10-15(11-29-20)24(25,26)27)34(6)22(36)37-23(3,4)5/h9-13H,7-8H2,1-6H3,(H2,29,30,31,32,33). The maximum Gasteiger partial charge on any atom is 0.417 e. The third kappa shape index (κ3) is 5.75. The average molecular weight is 519 g/mol. The van der Waals surface area contributed by atoms with Crippen LogP contribution in [0.25, 0.3) is 11.5 Å². The van der Waals surface area contributed by atoms with Gasteiger partial charge in [0.2, 0.25) is 5.95 Å². The van der Waals surface area contributed by atoms with Gasteiger partial charge in [0.15, 0.2) is 11.6 Å². The Bertz CT molecular complexity index is 1300. The quantitative estimate of drug-likeness (QED) is 0.476. The van der Waals surface area contributed by atoms with Crippen molar-refractivity contribution >= 4 is 29.2 Å². The second kappa shape index (κ2) is 9.52. The van der Waals surface area contributed by atoms with E-state index in [4.69, 9.17) is 4.74 Å². The van der Waals surface area contributed by atoms with Crippen LogP contribution < -0.4 is 15.1 Å². The van der Waals surface area contributed by atoms with E-state index in [9.17, 15) is 18.0 Å². The summed E-state index contributed by atoms with van der Waals surface area (Å²) < 4.78 is 45.5. The number of fused-ring (bicyclic) bond motifs is 1. The highest BCUT2D eigenvalue weighted by molar-refractivity contribution is 5.91. The fraction of sp³-hybridized carbons (Fsp3) is 0.458. The molecule has 4 heterocycles. The molecule has 0 bridgehead atoms. The largest absolute Gasteiger partial charge is 0.443 e. The van der Waals surface area contributed by atoms with Crippen molar-refractivity contribution in [2.75, 3.05) is 28.7 Å². The third-order valence-corrected chi connectivity index (χ3v) is 5.70. The summed E-state index contributed by atoms with van der Waals surface area (Å²) in [5, 5.41) is 9.70. The van der Waals surface area contributed by atoms with Gasteiger partial charge in [-0.2, -0.15) is 18.2 Å². The predicted molar refractivity (Wildman–Crippen MR) is 133 cm³/mol. The molecule has 1 aliphatic rings. The molecule has 10 nitrogen and oxygen atoms in total. The number of nitrogens with zero attached hydrogens (tertiary/aromatic N) is 6. The van der Waals surface area contributed by atoms with Gasteiger partial charge in [-0.1, -0.05) is 0 Å². The molecule has 0 fully saturated rings. The number of nitrogens with one attached hydrogen (secondary N) is 2. The highest BCUT2D eigenvalue weighted by Gasteiger charge is 2.33. The summed E-state index contributed by atoms with van der Waals surface area (Å²) in [5.41, 5.74) is 0.797. The van der Waals surface area contributed by atoms with Crippen molar-refractivity contribution in [2.24, 2.45) is 0 Å². The zero-order valence-corrected chi connectivity index (χ0v) is 21.4. The lowest BCUT2D eigenvalue weighted by atomic mass is 10.2. The van der Waals surface area contributed by atoms with Crippen molar-refractivity contribution in [1.29, 1.82) is 0 Å². The Balaban J connectivity index is 1.61. The molecular weight excluding hydrogens is 489 g/mol. The van der Waals surface area contributed by atoms with Crippen LogP contribution in [0.1, 0.15) is 45.7 Å². The molecule has 0 saturated carbocycles. The summed E-state index contributed by atoms with van der Waals surface area (Å²) in [7, 11) is 1.30. The number of rotatable bonds is 5. The minimum Gasteiger partial charge on any atom is -0.443 e. The molecular formula is C24H29F3N8O2. The van der Waals surface area contributed by atoms with Crippen LogP contribution >= 0.6 is 0 Å². The smallest absolute Gasteiger partial charge is 0.417 e. The highest BCUT2D eigenvalue weighted by atomic mass is 19.4. The van der Waals surface area contributed by atoms with Crippen molar-refractivity contribution in [2.45, 2.75) is 58.9 Å². The summed E-state index contributed by atoms with van der Waals surface area (Å²) in [6.45, 7) is 10.1. The van der Waals surface area contributed by atoms with Crippen molar-refractivity contribution in [3.8, 4) is 11.5 Å². The van der Waals surface area contributed by atoms with E-state index in [0.717, 1.165) is 35.2 Å². The Kier molecular flexibility index (Phi) is 6.74. The Morgan fingerprint density at radius 3 is 2.57 bits per heavy atom. The van der Waals surface area contributed by atoms with E-state index in [-0.39, 0.29) is 17.5 Å². The van der Waals surface area contributed by atoms with Crippen LogP contribution in [0, 0.1) is 0 Å². The van der Waals surface area contributed by atoms with Gasteiger partial charge in [0.05, 0.1) is 23.1 Å². The molecule has 1 amide bonds. The molecule has 0 spiro atoms. The Labute approximate surface area is 212 Å². The van der Waals surface area contributed by atoms with Gasteiger partial charge in [-0.3, -0.25) is 15.0 Å². The van der Waals surface area contributed by atoms with Gasteiger partial charge in [0.25, 0.3) is 0 Å². The van der Waals surface area contributed by atoms with Crippen LogP contribution in [0.2, 0.25) is 0 Å². The predicted octanol–water partition coefficient (Wildman–Crippen LogP) is 5.17. The second-order valence-corrected chi connectivity index (χ2v) is 10.00. The van der Waals surface area contributed by atoms with Gasteiger partial charge < -0.3 is 15.0 Å². The number of hydrogen-bond acceptors (Lipinski definition) is 8. The van der Waals surface area contributed by atoms with Crippen LogP contribution in [-0.2, 0) is 17.3 Å². The van der Waals surface area contributed by atoms with Crippen molar-refractivity contribution in [1.82, 2.24) is 25.1 Å². The first-order valence-corrected chi connectivity index (χ1v) is 11.7. The Hall–Kier alpha value is -3.90. The van der Waals surface area contributed by atoms with Crippen LogP contribution in [-0.4, -0.2) is 56.5 Å². The van der Waals surface area contributed by atoms with E-state index >= 15 is 0 Å². The van der Waals surface area contributed by atoms with Gasteiger partial charge in [0.1, 0.15) is 11.3 Å². The van der Waals surface area contributed by atoms with E-state index in [1.54, 1.807) is 27.0 Å². The maximum absolute atomic E-state index is 13.4.